The summed E-state index contributed by atoms with van der Waals surface area (Å²) in [5.41, 5.74) is 11.1. The van der Waals surface area contributed by atoms with Gasteiger partial charge < -0.3 is 11.1 Å². The highest BCUT2D eigenvalue weighted by molar-refractivity contribution is 6.07. The summed E-state index contributed by atoms with van der Waals surface area (Å²) in [6.45, 7) is 1.85. The van der Waals surface area contributed by atoms with Gasteiger partial charge in [-0.05, 0) is 55.5 Å². The number of anilines is 2. The highest BCUT2D eigenvalue weighted by atomic mass is 16.1. The predicted octanol–water partition coefficient (Wildman–Crippen LogP) is 2.71. The number of aromatic nitrogens is 1. The number of hydrogen-bond donors (Lipinski definition) is 2. The minimum atomic E-state index is -0.215. The monoisotopic (exact) mass is 267 g/mol. The lowest BCUT2D eigenvalue weighted by atomic mass is 10.1. The molecule has 1 heterocycles. The molecule has 3 N–H and O–H groups in total. The SMILES string of the molecule is Cc1cc(N)c(C(=O)Nc2ccc3c(c2)CCC3)cn1. The van der Waals surface area contributed by atoms with Crippen LogP contribution in [0.25, 0.3) is 0 Å². The minimum absolute atomic E-state index is 0.215. The molecular weight excluding hydrogens is 250 g/mol. The average Bonchev–Trinajstić information content (AvgIpc) is 2.85. The Morgan fingerprint density at radius 3 is 2.85 bits per heavy atom. The van der Waals surface area contributed by atoms with Crippen molar-refractivity contribution in [3.05, 3.63) is 52.8 Å². The van der Waals surface area contributed by atoms with Gasteiger partial charge in [0.15, 0.2) is 0 Å². The maximum Gasteiger partial charge on any atom is 0.259 e. The number of nitrogens with zero attached hydrogens (tertiary/aromatic N) is 1. The van der Waals surface area contributed by atoms with Gasteiger partial charge >= 0.3 is 0 Å². The van der Waals surface area contributed by atoms with Gasteiger partial charge in [-0.1, -0.05) is 6.07 Å². The summed E-state index contributed by atoms with van der Waals surface area (Å²) in [4.78, 5) is 16.3. The molecular formula is C16H17N3O. The van der Waals surface area contributed by atoms with Crippen LogP contribution in [0.1, 0.15) is 33.6 Å². The number of aryl methyl sites for hydroxylation is 3. The Morgan fingerprint density at radius 1 is 1.25 bits per heavy atom. The summed E-state index contributed by atoms with van der Waals surface area (Å²) in [7, 11) is 0. The van der Waals surface area contributed by atoms with E-state index in [1.807, 2.05) is 13.0 Å². The Kier molecular flexibility index (Phi) is 3.14. The third-order valence-electron chi connectivity index (χ3n) is 3.67. The smallest absolute Gasteiger partial charge is 0.259 e. The first kappa shape index (κ1) is 12.7. The van der Waals surface area contributed by atoms with E-state index in [2.05, 4.69) is 22.4 Å². The zero-order chi connectivity index (χ0) is 14.1. The van der Waals surface area contributed by atoms with Gasteiger partial charge in [-0.15, -0.1) is 0 Å². The van der Waals surface area contributed by atoms with E-state index in [4.69, 9.17) is 5.73 Å². The fraction of sp³-hybridized carbons (Fsp3) is 0.250. The highest BCUT2D eigenvalue weighted by Crippen LogP contribution is 2.25. The standard InChI is InChI=1S/C16H17N3O/c1-10-7-15(17)14(9-18-10)16(20)19-13-6-5-11-3-2-4-12(11)8-13/h5-9H,2-4H2,1H3,(H2,17,18)(H,19,20). The molecule has 0 atom stereocenters. The highest BCUT2D eigenvalue weighted by Gasteiger charge is 2.14. The van der Waals surface area contributed by atoms with E-state index in [1.54, 1.807) is 6.07 Å². The molecule has 102 valence electrons. The molecule has 0 unspecified atom stereocenters. The molecule has 1 aliphatic carbocycles. The van der Waals surface area contributed by atoms with Crippen molar-refractivity contribution in [1.82, 2.24) is 4.98 Å². The van der Waals surface area contributed by atoms with Gasteiger partial charge in [-0.2, -0.15) is 0 Å². The number of pyridine rings is 1. The number of carbonyl (C=O) groups is 1. The van der Waals surface area contributed by atoms with E-state index in [0.717, 1.165) is 24.2 Å². The second-order valence-corrected chi connectivity index (χ2v) is 5.20. The quantitative estimate of drug-likeness (QED) is 0.879. The molecule has 0 saturated heterocycles. The Labute approximate surface area is 118 Å². The van der Waals surface area contributed by atoms with E-state index in [9.17, 15) is 4.79 Å². The summed E-state index contributed by atoms with van der Waals surface area (Å²) in [6.07, 6.45) is 4.95. The molecule has 0 spiro atoms. The predicted molar refractivity (Wildman–Crippen MR) is 79.8 cm³/mol. The van der Waals surface area contributed by atoms with Crippen LogP contribution < -0.4 is 11.1 Å². The number of rotatable bonds is 2. The molecule has 0 aliphatic heterocycles. The van der Waals surface area contributed by atoms with Crippen LogP contribution in [-0.4, -0.2) is 10.9 Å². The summed E-state index contributed by atoms with van der Waals surface area (Å²) < 4.78 is 0. The third kappa shape index (κ3) is 2.37. The summed E-state index contributed by atoms with van der Waals surface area (Å²) in [6, 6.07) is 7.80. The Balaban J connectivity index is 1.82. The van der Waals surface area contributed by atoms with Gasteiger partial charge in [0.2, 0.25) is 0 Å². The van der Waals surface area contributed by atoms with Crippen molar-refractivity contribution in [2.45, 2.75) is 26.2 Å². The molecule has 1 aromatic heterocycles. The van der Waals surface area contributed by atoms with Gasteiger partial charge in [0.25, 0.3) is 5.91 Å². The van der Waals surface area contributed by atoms with Crippen molar-refractivity contribution in [2.24, 2.45) is 0 Å². The molecule has 1 aliphatic rings. The van der Waals surface area contributed by atoms with Crippen molar-refractivity contribution in [2.75, 3.05) is 11.1 Å². The molecule has 4 heteroatoms. The maximum atomic E-state index is 12.2. The lowest BCUT2D eigenvalue weighted by molar-refractivity contribution is 0.102. The Morgan fingerprint density at radius 2 is 2.05 bits per heavy atom. The van der Waals surface area contributed by atoms with E-state index in [0.29, 0.717) is 11.3 Å². The molecule has 3 rings (SSSR count). The summed E-state index contributed by atoms with van der Waals surface area (Å²) >= 11 is 0. The maximum absolute atomic E-state index is 12.2. The number of amides is 1. The average molecular weight is 267 g/mol. The van der Waals surface area contributed by atoms with Crippen LogP contribution in [0.4, 0.5) is 11.4 Å². The van der Waals surface area contributed by atoms with E-state index < -0.39 is 0 Å². The van der Waals surface area contributed by atoms with Crippen LogP contribution in [-0.2, 0) is 12.8 Å². The fourth-order valence-electron chi connectivity index (χ4n) is 2.62. The van der Waals surface area contributed by atoms with E-state index in [-0.39, 0.29) is 5.91 Å². The number of fused-ring (bicyclic) bond motifs is 1. The zero-order valence-corrected chi connectivity index (χ0v) is 11.4. The topological polar surface area (TPSA) is 68.0 Å². The Bertz CT molecular complexity index is 679. The summed E-state index contributed by atoms with van der Waals surface area (Å²) in [5.74, 6) is -0.215. The van der Waals surface area contributed by atoms with Gasteiger partial charge in [0.05, 0.1) is 5.56 Å². The van der Waals surface area contributed by atoms with Gasteiger partial charge in [-0.25, -0.2) is 0 Å². The third-order valence-corrected chi connectivity index (χ3v) is 3.67. The lowest BCUT2D eigenvalue weighted by Crippen LogP contribution is -2.14. The number of carbonyl (C=O) groups excluding carboxylic acids is 1. The van der Waals surface area contributed by atoms with Crippen molar-refractivity contribution < 1.29 is 4.79 Å². The second-order valence-electron chi connectivity index (χ2n) is 5.20. The van der Waals surface area contributed by atoms with Crippen LogP contribution in [0.3, 0.4) is 0 Å². The lowest BCUT2D eigenvalue weighted by Gasteiger charge is -2.09. The molecule has 0 saturated carbocycles. The van der Waals surface area contributed by atoms with Gasteiger partial charge in [-0.3, -0.25) is 9.78 Å². The fourth-order valence-corrected chi connectivity index (χ4v) is 2.62. The van der Waals surface area contributed by atoms with Crippen molar-refractivity contribution in [1.29, 1.82) is 0 Å². The molecule has 1 aromatic carbocycles. The normalized spacial score (nSPS) is 13.1. The van der Waals surface area contributed by atoms with Crippen LogP contribution in [0.2, 0.25) is 0 Å². The summed E-state index contributed by atoms with van der Waals surface area (Å²) in [5, 5.41) is 2.89. The first-order chi connectivity index (χ1) is 9.63. The van der Waals surface area contributed by atoms with Crippen molar-refractivity contribution >= 4 is 17.3 Å². The molecule has 0 bridgehead atoms. The van der Waals surface area contributed by atoms with Crippen molar-refractivity contribution in [3.8, 4) is 0 Å². The van der Waals surface area contributed by atoms with Crippen LogP contribution in [0.5, 0.6) is 0 Å². The number of benzene rings is 1. The second kappa shape index (κ2) is 4.96. The van der Waals surface area contributed by atoms with Gasteiger partial charge in [0, 0.05) is 23.3 Å². The number of nitrogens with two attached hydrogens (primary N) is 1. The van der Waals surface area contributed by atoms with Crippen LogP contribution in [0, 0.1) is 6.92 Å². The number of nitrogens with one attached hydrogen (secondary N) is 1. The molecule has 0 radical (unpaired) electrons. The van der Waals surface area contributed by atoms with Crippen molar-refractivity contribution in [3.63, 3.8) is 0 Å². The molecule has 2 aromatic rings. The molecule has 20 heavy (non-hydrogen) atoms. The number of hydrogen-bond acceptors (Lipinski definition) is 3. The molecule has 1 amide bonds. The molecule has 0 fully saturated rings. The largest absolute Gasteiger partial charge is 0.398 e. The molecule has 4 nitrogen and oxygen atoms in total. The van der Waals surface area contributed by atoms with E-state index in [1.165, 1.54) is 23.7 Å². The van der Waals surface area contributed by atoms with Gasteiger partial charge in [0.1, 0.15) is 0 Å². The van der Waals surface area contributed by atoms with Crippen LogP contribution in [0.15, 0.2) is 30.5 Å². The first-order valence-corrected chi connectivity index (χ1v) is 6.79. The zero-order valence-electron chi connectivity index (χ0n) is 11.4. The minimum Gasteiger partial charge on any atom is -0.398 e. The van der Waals surface area contributed by atoms with E-state index >= 15 is 0 Å². The van der Waals surface area contributed by atoms with Crippen LogP contribution >= 0.6 is 0 Å². The Hall–Kier alpha value is -2.36. The number of nitrogen functional groups attached to an aromatic ring is 1. The first-order valence-electron chi connectivity index (χ1n) is 6.79.